The van der Waals surface area contributed by atoms with Crippen molar-refractivity contribution in [3.63, 3.8) is 0 Å². The van der Waals surface area contributed by atoms with E-state index in [4.69, 9.17) is 4.74 Å². The SMILES string of the molecule is CCOC(C)CNC(C)c1ccccc1O. The van der Waals surface area contributed by atoms with E-state index in [0.717, 1.165) is 18.7 Å². The van der Waals surface area contributed by atoms with Crippen LogP contribution in [0.25, 0.3) is 0 Å². The van der Waals surface area contributed by atoms with Crippen molar-refractivity contribution in [2.45, 2.75) is 32.9 Å². The lowest BCUT2D eigenvalue weighted by molar-refractivity contribution is 0.0743. The quantitative estimate of drug-likeness (QED) is 0.778. The van der Waals surface area contributed by atoms with Gasteiger partial charge in [-0.2, -0.15) is 0 Å². The zero-order chi connectivity index (χ0) is 12.0. The number of ether oxygens (including phenoxy) is 1. The standard InChI is InChI=1S/C13H21NO2/c1-4-16-10(2)9-14-11(3)12-7-5-6-8-13(12)15/h5-8,10-11,14-15H,4,9H2,1-3H3. The summed E-state index contributed by atoms with van der Waals surface area (Å²) in [5, 5.41) is 13.0. The van der Waals surface area contributed by atoms with Gasteiger partial charge in [-0.15, -0.1) is 0 Å². The molecule has 0 aliphatic rings. The summed E-state index contributed by atoms with van der Waals surface area (Å²) >= 11 is 0. The first kappa shape index (κ1) is 13.0. The van der Waals surface area contributed by atoms with Crippen molar-refractivity contribution < 1.29 is 9.84 Å². The van der Waals surface area contributed by atoms with E-state index >= 15 is 0 Å². The number of phenols is 1. The fourth-order valence-electron chi connectivity index (χ4n) is 1.65. The highest BCUT2D eigenvalue weighted by atomic mass is 16.5. The molecule has 1 aromatic carbocycles. The summed E-state index contributed by atoms with van der Waals surface area (Å²) < 4.78 is 5.43. The Hall–Kier alpha value is -1.06. The third-order valence-corrected chi connectivity index (χ3v) is 2.57. The Kier molecular flexibility index (Phi) is 5.29. The molecule has 1 rings (SSSR count). The normalized spacial score (nSPS) is 14.7. The van der Waals surface area contributed by atoms with Crippen molar-refractivity contribution in [3.8, 4) is 5.75 Å². The van der Waals surface area contributed by atoms with Gasteiger partial charge in [0.15, 0.2) is 0 Å². The second-order valence-electron chi connectivity index (χ2n) is 3.95. The first-order valence-electron chi connectivity index (χ1n) is 5.78. The molecule has 3 nitrogen and oxygen atoms in total. The molecule has 0 bridgehead atoms. The van der Waals surface area contributed by atoms with Crippen LogP contribution < -0.4 is 5.32 Å². The fourth-order valence-corrected chi connectivity index (χ4v) is 1.65. The molecule has 0 aromatic heterocycles. The molecule has 0 radical (unpaired) electrons. The van der Waals surface area contributed by atoms with Gasteiger partial charge in [0, 0.05) is 24.8 Å². The summed E-state index contributed by atoms with van der Waals surface area (Å²) in [4.78, 5) is 0. The van der Waals surface area contributed by atoms with Crippen molar-refractivity contribution in [1.29, 1.82) is 0 Å². The summed E-state index contributed by atoms with van der Waals surface area (Å²) in [6.07, 6.45) is 0.193. The number of para-hydroxylation sites is 1. The second-order valence-corrected chi connectivity index (χ2v) is 3.95. The maximum absolute atomic E-state index is 9.68. The van der Waals surface area contributed by atoms with E-state index in [1.54, 1.807) is 6.07 Å². The Bertz CT molecular complexity index is 315. The number of benzene rings is 1. The summed E-state index contributed by atoms with van der Waals surface area (Å²) in [6.45, 7) is 7.57. The monoisotopic (exact) mass is 223 g/mol. The van der Waals surface area contributed by atoms with E-state index in [1.807, 2.05) is 39.0 Å². The van der Waals surface area contributed by atoms with Crippen molar-refractivity contribution in [2.24, 2.45) is 0 Å². The third kappa shape index (κ3) is 3.83. The van der Waals surface area contributed by atoms with Gasteiger partial charge in [0.1, 0.15) is 5.75 Å². The Morgan fingerprint density at radius 2 is 2.00 bits per heavy atom. The highest BCUT2D eigenvalue weighted by Crippen LogP contribution is 2.22. The van der Waals surface area contributed by atoms with Crippen LogP contribution in [0.15, 0.2) is 24.3 Å². The van der Waals surface area contributed by atoms with Crippen LogP contribution in [-0.2, 0) is 4.74 Å². The zero-order valence-electron chi connectivity index (χ0n) is 10.2. The van der Waals surface area contributed by atoms with E-state index in [2.05, 4.69) is 5.32 Å². The Balaban J connectivity index is 2.46. The number of rotatable bonds is 6. The molecule has 16 heavy (non-hydrogen) atoms. The van der Waals surface area contributed by atoms with E-state index in [0.29, 0.717) is 5.75 Å². The average molecular weight is 223 g/mol. The van der Waals surface area contributed by atoms with Crippen LogP contribution in [0.1, 0.15) is 32.4 Å². The Morgan fingerprint density at radius 3 is 2.62 bits per heavy atom. The Morgan fingerprint density at radius 1 is 1.31 bits per heavy atom. The lowest BCUT2D eigenvalue weighted by Gasteiger charge is -2.18. The van der Waals surface area contributed by atoms with E-state index < -0.39 is 0 Å². The van der Waals surface area contributed by atoms with Crippen molar-refractivity contribution in [3.05, 3.63) is 29.8 Å². The van der Waals surface area contributed by atoms with Crippen LogP contribution in [0, 0.1) is 0 Å². The van der Waals surface area contributed by atoms with Gasteiger partial charge in [-0.05, 0) is 26.8 Å². The molecule has 1 aromatic rings. The molecule has 0 saturated heterocycles. The van der Waals surface area contributed by atoms with Gasteiger partial charge < -0.3 is 15.2 Å². The lowest BCUT2D eigenvalue weighted by atomic mass is 10.1. The number of hydrogen-bond acceptors (Lipinski definition) is 3. The number of phenolic OH excluding ortho intramolecular Hbond substituents is 1. The van der Waals surface area contributed by atoms with Gasteiger partial charge >= 0.3 is 0 Å². The lowest BCUT2D eigenvalue weighted by Crippen LogP contribution is -2.29. The molecule has 90 valence electrons. The van der Waals surface area contributed by atoms with Gasteiger partial charge in [-0.25, -0.2) is 0 Å². The molecular formula is C13H21NO2. The number of aromatic hydroxyl groups is 1. The molecule has 3 heteroatoms. The first-order valence-corrected chi connectivity index (χ1v) is 5.78. The minimum atomic E-state index is 0.129. The molecule has 0 fully saturated rings. The van der Waals surface area contributed by atoms with Crippen LogP contribution in [0.5, 0.6) is 5.75 Å². The van der Waals surface area contributed by atoms with Crippen LogP contribution >= 0.6 is 0 Å². The Labute approximate surface area is 97.4 Å². The summed E-state index contributed by atoms with van der Waals surface area (Å²) in [5.74, 6) is 0.339. The molecular weight excluding hydrogens is 202 g/mol. The molecule has 2 unspecified atom stereocenters. The predicted octanol–water partition coefficient (Wildman–Crippen LogP) is 2.47. The zero-order valence-corrected chi connectivity index (χ0v) is 10.2. The number of nitrogens with one attached hydrogen (secondary N) is 1. The van der Waals surface area contributed by atoms with Crippen LogP contribution in [0.3, 0.4) is 0 Å². The van der Waals surface area contributed by atoms with E-state index in [-0.39, 0.29) is 12.1 Å². The van der Waals surface area contributed by atoms with Crippen molar-refractivity contribution >= 4 is 0 Å². The molecule has 0 amide bonds. The van der Waals surface area contributed by atoms with E-state index in [9.17, 15) is 5.11 Å². The summed E-state index contributed by atoms with van der Waals surface area (Å²) in [6, 6.07) is 7.52. The van der Waals surface area contributed by atoms with Gasteiger partial charge in [0.25, 0.3) is 0 Å². The van der Waals surface area contributed by atoms with Crippen molar-refractivity contribution in [2.75, 3.05) is 13.2 Å². The maximum atomic E-state index is 9.68. The minimum absolute atomic E-state index is 0.129. The smallest absolute Gasteiger partial charge is 0.120 e. The largest absolute Gasteiger partial charge is 0.508 e. The van der Waals surface area contributed by atoms with Gasteiger partial charge in [-0.3, -0.25) is 0 Å². The van der Waals surface area contributed by atoms with Gasteiger partial charge in [0.05, 0.1) is 6.10 Å². The molecule has 0 saturated carbocycles. The molecule has 0 spiro atoms. The highest BCUT2D eigenvalue weighted by molar-refractivity contribution is 5.34. The maximum Gasteiger partial charge on any atom is 0.120 e. The molecule has 2 N–H and O–H groups in total. The van der Waals surface area contributed by atoms with Crippen LogP contribution in [0.2, 0.25) is 0 Å². The predicted molar refractivity (Wildman–Crippen MR) is 65.6 cm³/mol. The molecule has 0 aliphatic carbocycles. The topological polar surface area (TPSA) is 41.5 Å². The van der Waals surface area contributed by atoms with Crippen LogP contribution in [-0.4, -0.2) is 24.4 Å². The highest BCUT2D eigenvalue weighted by Gasteiger charge is 2.10. The summed E-state index contributed by atoms with van der Waals surface area (Å²) in [5.41, 5.74) is 0.922. The second kappa shape index (κ2) is 6.51. The van der Waals surface area contributed by atoms with Crippen LogP contribution in [0.4, 0.5) is 0 Å². The number of hydrogen-bond donors (Lipinski definition) is 2. The molecule has 0 aliphatic heterocycles. The molecule has 0 heterocycles. The first-order chi connectivity index (χ1) is 7.65. The summed E-state index contributed by atoms with van der Waals surface area (Å²) in [7, 11) is 0. The minimum Gasteiger partial charge on any atom is -0.508 e. The van der Waals surface area contributed by atoms with Gasteiger partial charge in [-0.1, -0.05) is 18.2 Å². The molecule has 2 atom stereocenters. The van der Waals surface area contributed by atoms with Crippen molar-refractivity contribution in [1.82, 2.24) is 5.32 Å². The van der Waals surface area contributed by atoms with Gasteiger partial charge in [0.2, 0.25) is 0 Å². The van der Waals surface area contributed by atoms with E-state index in [1.165, 1.54) is 0 Å². The fraction of sp³-hybridized carbons (Fsp3) is 0.538. The third-order valence-electron chi connectivity index (χ3n) is 2.57. The average Bonchev–Trinajstić information content (AvgIpc) is 2.27.